The van der Waals surface area contributed by atoms with E-state index in [1.165, 1.54) is 7.11 Å². The summed E-state index contributed by atoms with van der Waals surface area (Å²) in [6, 6.07) is 6.97. The van der Waals surface area contributed by atoms with Gasteiger partial charge >= 0.3 is 11.9 Å². The van der Waals surface area contributed by atoms with Gasteiger partial charge in [0.1, 0.15) is 6.61 Å². The zero-order valence-electron chi connectivity index (χ0n) is 17.9. The van der Waals surface area contributed by atoms with E-state index in [4.69, 9.17) is 14.2 Å². The Labute approximate surface area is 176 Å². The normalized spacial score (nSPS) is 16.3. The summed E-state index contributed by atoms with van der Waals surface area (Å²) in [7, 11) is 1.51. The lowest BCUT2D eigenvalue weighted by molar-refractivity contribution is -0.143. The van der Waals surface area contributed by atoms with Crippen LogP contribution in [0.25, 0.3) is 0 Å². The van der Waals surface area contributed by atoms with Crippen molar-refractivity contribution in [3.05, 3.63) is 52.4 Å². The van der Waals surface area contributed by atoms with Crippen LogP contribution in [0.2, 0.25) is 0 Å². The van der Waals surface area contributed by atoms with Gasteiger partial charge in [0.15, 0.2) is 0 Å². The summed E-state index contributed by atoms with van der Waals surface area (Å²) in [6.45, 7) is 7.37. The van der Waals surface area contributed by atoms with Crippen molar-refractivity contribution in [2.24, 2.45) is 0 Å². The highest BCUT2D eigenvalue weighted by atomic mass is 16.6. The molecule has 0 saturated heterocycles. The summed E-state index contributed by atoms with van der Waals surface area (Å²) < 4.78 is 15.8. The first kappa shape index (κ1) is 23.2. The number of dihydropyridines is 1. The first-order valence-corrected chi connectivity index (χ1v) is 9.65. The molecule has 2 rings (SSSR count). The molecule has 0 fully saturated rings. The van der Waals surface area contributed by atoms with Crippen molar-refractivity contribution in [3.63, 3.8) is 0 Å². The molecule has 0 bridgehead atoms. The first-order chi connectivity index (χ1) is 14.3. The Bertz CT molecular complexity index is 872. The quantitative estimate of drug-likeness (QED) is 0.362. The second-order valence-corrected chi connectivity index (χ2v) is 7.11. The largest absolute Gasteiger partial charge is 0.460 e. The Morgan fingerprint density at radius 2 is 1.80 bits per heavy atom. The van der Waals surface area contributed by atoms with Crippen LogP contribution in [-0.4, -0.2) is 44.8 Å². The third kappa shape index (κ3) is 5.48. The SMILES string of the molecule is COCCOC(=O)C1=C(C)NC(C)=C(C(=O)OC(C)C)C1c1cccc(NC=O)c1. The molecule has 0 spiro atoms. The molecule has 0 aliphatic carbocycles. The number of carbonyl (C=O) groups is 3. The van der Waals surface area contributed by atoms with E-state index in [2.05, 4.69) is 10.6 Å². The molecule has 1 unspecified atom stereocenters. The molecule has 1 aliphatic rings. The van der Waals surface area contributed by atoms with E-state index < -0.39 is 17.9 Å². The van der Waals surface area contributed by atoms with Crippen molar-refractivity contribution < 1.29 is 28.6 Å². The Hall–Kier alpha value is -3.13. The zero-order valence-corrected chi connectivity index (χ0v) is 17.9. The molecule has 1 heterocycles. The first-order valence-electron chi connectivity index (χ1n) is 9.65. The second kappa shape index (κ2) is 10.6. The molecule has 2 N–H and O–H groups in total. The van der Waals surface area contributed by atoms with Crippen molar-refractivity contribution in [2.45, 2.75) is 39.7 Å². The fourth-order valence-corrected chi connectivity index (χ4v) is 3.32. The maximum absolute atomic E-state index is 13.0. The molecular weight excluding hydrogens is 388 g/mol. The van der Waals surface area contributed by atoms with Gasteiger partial charge < -0.3 is 24.8 Å². The second-order valence-electron chi connectivity index (χ2n) is 7.11. The highest BCUT2D eigenvalue weighted by molar-refractivity contribution is 6.00. The van der Waals surface area contributed by atoms with Gasteiger partial charge in [0.2, 0.25) is 6.41 Å². The number of anilines is 1. The number of ether oxygens (including phenoxy) is 3. The van der Waals surface area contributed by atoms with Crippen molar-refractivity contribution in [1.82, 2.24) is 5.32 Å². The molecule has 8 heteroatoms. The van der Waals surface area contributed by atoms with Crippen LogP contribution in [0.1, 0.15) is 39.2 Å². The highest BCUT2D eigenvalue weighted by Crippen LogP contribution is 2.40. The van der Waals surface area contributed by atoms with E-state index in [-0.39, 0.29) is 19.3 Å². The van der Waals surface area contributed by atoms with Gasteiger partial charge in [0.05, 0.1) is 29.8 Å². The molecule has 0 saturated carbocycles. The number of rotatable bonds is 9. The molecule has 30 heavy (non-hydrogen) atoms. The molecular formula is C22H28N2O6. The zero-order chi connectivity index (χ0) is 22.3. The Morgan fingerprint density at radius 3 is 2.40 bits per heavy atom. The fourth-order valence-electron chi connectivity index (χ4n) is 3.32. The number of allylic oxidation sites excluding steroid dienone is 2. The molecule has 0 aromatic heterocycles. The molecule has 1 aliphatic heterocycles. The van der Waals surface area contributed by atoms with Crippen LogP contribution in [0, 0.1) is 0 Å². The predicted octanol–water partition coefficient (Wildman–Crippen LogP) is 2.63. The number of benzene rings is 1. The minimum atomic E-state index is -0.721. The molecule has 0 radical (unpaired) electrons. The van der Waals surface area contributed by atoms with Crippen LogP contribution in [0.4, 0.5) is 5.69 Å². The summed E-state index contributed by atoms with van der Waals surface area (Å²) in [5.41, 5.74) is 2.98. The van der Waals surface area contributed by atoms with E-state index in [0.29, 0.717) is 40.2 Å². The average Bonchev–Trinajstić information content (AvgIpc) is 2.67. The van der Waals surface area contributed by atoms with Crippen molar-refractivity contribution in [2.75, 3.05) is 25.6 Å². The van der Waals surface area contributed by atoms with Crippen LogP contribution in [0.3, 0.4) is 0 Å². The highest BCUT2D eigenvalue weighted by Gasteiger charge is 2.38. The number of carbonyl (C=O) groups excluding carboxylic acids is 3. The Morgan fingerprint density at radius 1 is 1.13 bits per heavy atom. The van der Waals surface area contributed by atoms with Gasteiger partial charge in [0.25, 0.3) is 0 Å². The monoisotopic (exact) mass is 416 g/mol. The van der Waals surface area contributed by atoms with E-state index in [1.54, 1.807) is 52.0 Å². The standard InChI is InChI=1S/C22H28N2O6/c1-13(2)30-22(27)19-15(4)24-14(3)18(21(26)29-10-9-28-5)20(19)16-7-6-8-17(11-16)23-12-25/h6-8,11-13,20,24H,9-10H2,1-5H3,(H,23,25). The molecule has 1 atom stereocenters. The van der Waals surface area contributed by atoms with Gasteiger partial charge in [-0.15, -0.1) is 0 Å². The Kier molecular flexibility index (Phi) is 8.17. The smallest absolute Gasteiger partial charge is 0.337 e. The fraction of sp³-hybridized carbons (Fsp3) is 0.409. The molecule has 1 amide bonds. The summed E-state index contributed by atoms with van der Waals surface area (Å²) in [4.78, 5) is 36.8. The van der Waals surface area contributed by atoms with Crippen molar-refractivity contribution in [3.8, 4) is 0 Å². The topological polar surface area (TPSA) is 103 Å². The van der Waals surface area contributed by atoms with E-state index in [0.717, 1.165) is 0 Å². The van der Waals surface area contributed by atoms with Crippen LogP contribution in [0.5, 0.6) is 0 Å². The number of hydrogen-bond donors (Lipinski definition) is 2. The van der Waals surface area contributed by atoms with Crippen LogP contribution in [-0.2, 0) is 28.6 Å². The lowest BCUT2D eigenvalue weighted by atomic mass is 9.80. The van der Waals surface area contributed by atoms with Gasteiger partial charge in [0, 0.05) is 24.2 Å². The van der Waals surface area contributed by atoms with Gasteiger partial charge in [-0.2, -0.15) is 0 Å². The van der Waals surface area contributed by atoms with E-state index in [1.807, 2.05) is 0 Å². The van der Waals surface area contributed by atoms with Crippen LogP contribution in [0.15, 0.2) is 46.8 Å². The lowest BCUT2D eigenvalue weighted by Crippen LogP contribution is -2.33. The lowest BCUT2D eigenvalue weighted by Gasteiger charge is -2.31. The molecule has 1 aromatic rings. The number of methoxy groups -OCH3 is 1. The number of amides is 1. The van der Waals surface area contributed by atoms with Crippen LogP contribution >= 0.6 is 0 Å². The summed E-state index contributed by atoms with van der Waals surface area (Å²) in [5, 5.41) is 5.69. The summed E-state index contributed by atoms with van der Waals surface area (Å²) in [6.07, 6.45) is 0.239. The van der Waals surface area contributed by atoms with Crippen molar-refractivity contribution >= 4 is 24.0 Å². The molecule has 1 aromatic carbocycles. The number of esters is 2. The van der Waals surface area contributed by atoms with E-state index in [9.17, 15) is 14.4 Å². The third-order valence-electron chi connectivity index (χ3n) is 4.51. The predicted molar refractivity (Wildman–Crippen MR) is 111 cm³/mol. The summed E-state index contributed by atoms with van der Waals surface area (Å²) >= 11 is 0. The minimum Gasteiger partial charge on any atom is -0.460 e. The Balaban J connectivity index is 2.57. The minimum absolute atomic E-state index is 0.0834. The molecule has 162 valence electrons. The van der Waals surface area contributed by atoms with Crippen LogP contribution < -0.4 is 10.6 Å². The third-order valence-corrected chi connectivity index (χ3v) is 4.51. The maximum atomic E-state index is 13.0. The van der Waals surface area contributed by atoms with Crippen molar-refractivity contribution in [1.29, 1.82) is 0 Å². The van der Waals surface area contributed by atoms with Gasteiger partial charge in [-0.25, -0.2) is 9.59 Å². The molecule has 8 nitrogen and oxygen atoms in total. The average molecular weight is 416 g/mol. The number of hydrogen-bond acceptors (Lipinski definition) is 7. The van der Waals surface area contributed by atoms with E-state index >= 15 is 0 Å². The number of nitrogens with one attached hydrogen (secondary N) is 2. The van der Waals surface area contributed by atoms with Gasteiger partial charge in [-0.3, -0.25) is 4.79 Å². The summed E-state index contributed by atoms with van der Waals surface area (Å²) in [5.74, 6) is -1.80. The van der Waals surface area contributed by atoms with Gasteiger partial charge in [-0.1, -0.05) is 12.1 Å². The maximum Gasteiger partial charge on any atom is 0.337 e. The van der Waals surface area contributed by atoms with Gasteiger partial charge in [-0.05, 0) is 45.4 Å².